The fourth-order valence-corrected chi connectivity index (χ4v) is 2.52. The van der Waals surface area contributed by atoms with Gasteiger partial charge in [0.2, 0.25) is 6.79 Å². The molecule has 0 aliphatic carbocycles. The molecule has 98 valence electrons. The quantitative estimate of drug-likeness (QED) is 0.824. The second-order valence-electron chi connectivity index (χ2n) is 5.02. The normalized spacial score (nSPS) is 23.6. The van der Waals surface area contributed by atoms with E-state index in [9.17, 15) is 0 Å². The second kappa shape index (κ2) is 5.06. The van der Waals surface area contributed by atoms with Crippen LogP contribution in [0, 0.1) is 0 Å². The molecule has 0 aromatic heterocycles. The standard InChI is InChI=1S/C14H20N2O2/c1-11-5-8-16(7-2-6-15-11)12-3-4-13-14(9-12)18-10-17-13/h3-4,9,11,15H,2,5-8,10H2,1H3. The Morgan fingerprint density at radius 3 is 3.06 bits per heavy atom. The minimum Gasteiger partial charge on any atom is -0.454 e. The fourth-order valence-electron chi connectivity index (χ4n) is 2.52. The van der Waals surface area contributed by atoms with Gasteiger partial charge in [-0.15, -0.1) is 0 Å². The molecule has 0 radical (unpaired) electrons. The Balaban J connectivity index is 1.76. The van der Waals surface area contributed by atoms with Crippen LogP contribution in [-0.2, 0) is 0 Å². The van der Waals surface area contributed by atoms with Gasteiger partial charge in [-0.1, -0.05) is 0 Å². The number of fused-ring (bicyclic) bond motifs is 1. The predicted molar refractivity (Wildman–Crippen MR) is 71.5 cm³/mol. The lowest BCUT2D eigenvalue weighted by atomic mass is 10.1. The van der Waals surface area contributed by atoms with E-state index in [-0.39, 0.29) is 0 Å². The number of hydrogen-bond acceptors (Lipinski definition) is 4. The van der Waals surface area contributed by atoms with Crippen LogP contribution in [-0.4, -0.2) is 32.5 Å². The number of hydrogen-bond donors (Lipinski definition) is 1. The van der Waals surface area contributed by atoms with E-state index in [2.05, 4.69) is 29.3 Å². The third kappa shape index (κ3) is 2.38. The van der Waals surface area contributed by atoms with Crippen molar-refractivity contribution in [3.8, 4) is 11.5 Å². The largest absolute Gasteiger partial charge is 0.454 e. The summed E-state index contributed by atoms with van der Waals surface area (Å²) < 4.78 is 10.8. The van der Waals surface area contributed by atoms with Crippen LogP contribution in [0.2, 0.25) is 0 Å². The Bertz CT molecular complexity index is 422. The highest BCUT2D eigenvalue weighted by molar-refractivity contribution is 5.57. The van der Waals surface area contributed by atoms with E-state index in [1.807, 2.05) is 6.07 Å². The first kappa shape index (κ1) is 11.7. The molecule has 2 aliphatic heterocycles. The average Bonchev–Trinajstić information content (AvgIpc) is 2.81. The summed E-state index contributed by atoms with van der Waals surface area (Å²) in [6, 6.07) is 6.84. The van der Waals surface area contributed by atoms with Crippen LogP contribution in [0.25, 0.3) is 0 Å². The van der Waals surface area contributed by atoms with Gasteiger partial charge in [0.15, 0.2) is 11.5 Å². The topological polar surface area (TPSA) is 33.7 Å². The maximum absolute atomic E-state index is 5.45. The first-order valence-corrected chi connectivity index (χ1v) is 6.71. The molecule has 1 aromatic rings. The Hall–Kier alpha value is -1.42. The molecule has 1 atom stereocenters. The summed E-state index contributed by atoms with van der Waals surface area (Å²) in [7, 11) is 0. The molecule has 1 N–H and O–H groups in total. The summed E-state index contributed by atoms with van der Waals surface area (Å²) in [6.45, 7) is 5.89. The van der Waals surface area contributed by atoms with E-state index in [0.717, 1.165) is 31.1 Å². The average molecular weight is 248 g/mol. The van der Waals surface area contributed by atoms with Crippen LogP contribution in [0.1, 0.15) is 19.8 Å². The lowest BCUT2D eigenvalue weighted by molar-refractivity contribution is 0.174. The number of nitrogens with one attached hydrogen (secondary N) is 1. The van der Waals surface area contributed by atoms with Crippen molar-refractivity contribution < 1.29 is 9.47 Å². The molecule has 1 saturated heterocycles. The zero-order valence-corrected chi connectivity index (χ0v) is 10.8. The Kier molecular flexibility index (Phi) is 3.28. The van der Waals surface area contributed by atoms with Crippen LogP contribution in [0.3, 0.4) is 0 Å². The van der Waals surface area contributed by atoms with Crippen LogP contribution in [0.4, 0.5) is 5.69 Å². The van der Waals surface area contributed by atoms with Gasteiger partial charge in [-0.3, -0.25) is 0 Å². The van der Waals surface area contributed by atoms with Crippen molar-refractivity contribution in [3.63, 3.8) is 0 Å². The van der Waals surface area contributed by atoms with Gasteiger partial charge in [-0.05, 0) is 38.4 Å². The Labute approximate surface area is 108 Å². The maximum atomic E-state index is 5.45. The zero-order valence-electron chi connectivity index (χ0n) is 10.8. The van der Waals surface area contributed by atoms with Crippen LogP contribution in [0.5, 0.6) is 11.5 Å². The molecular formula is C14H20N2O2. The lowest BCUT2D eigenvalue weighted by Crippen LogP contribution is -2.38. The molecule has 0 saturated carbocycles. The molecule has 0 bridgehead atoms. The maximum Gasteiger partial charge on any atom is 0.231 e. The Morgan fingerprint density at radius 1 is 1.22 bits per heavy atom. The molecular weight excluding hydrogens is 228 g/mol. The highest BCUT2D eigenvalue weighted by Crippen LogP contribution is 2.35. The lowest BCUT2D eigenvalue weighted by Gasteiger charge is -2.29. The van der Waals surface area contributed by atoms with Gasteiger partial charge in [0, 0.05) is 30.9 Å². The van der Waals surface area contributed by atoms with Gasteiger partial charge >= 0.3 is 0 Å². The van der Waals surface area contributed by atoms with Crippen LogP contribution >= 0.6 is 0 Å². The van der Waals surface area contributed by atoms with Gasteiger partial charge in [0.05, 0.1) is 0 Å². The van der Waals surface area contributed by atoms with E-state index >= 15 is 0 Å². The summed E-state index contributed by atoms with van der Waals surface area (Å²) in [5, 5.41) is 3.53. The molecule has 4 nitrogen and oxygen atoms in total. The summed E-state index contributed by atoms with van der Waals surface area (Å²) in [4.78, 5) is 2.44. The molecule has 18 heavy (non-hydrogen) atoms. The van der Waals surface area contributed by atoms with Crippen molar-refractivity contribution in [1.82, 2.24) is 5.32 Å². The number of rotatable bonds is 1. The summed E-state index contributed by atoms with van der Waals surface area (Å²) in [5.41, 5.74) is 1.24. The number of benzene rings is 1. The van der Waals surface area contributed by atoms with Crippen molar-refractivity contribution in [3.05, 3.63) is 18.2 Å². The van der Waals surface area contributed by atoms with Crippen molar-refractivity contribution in [2.24, 2.45) is 0 Å². The predicted octanol–water partition coefficient (Wildman–Crippen LogP) is 1.99. The van der Waals surface area contributed by atoms with Crippen molar-refractivity contribution in [2.75, 3.05) is 31.3 Å². The monoisotopic (exact) mass is 248 g/mol. The van der Waals surface area contributed by atoms with E-state index < -0.39 is 0 Å². The van der Waals surface area contributed by atoms with E-state index in [1.54, 1.807) is 0 Å². The summed E-state index contributed by atoms with van der Waals surface area (Å²) >= 11 is 0. The molecule has 1 aromatic carbocycles. The van der Waals surface area contributed by atoms with Crippen molar-refractivity contribution in [1.29, 1.82) is 0 Å². The number of anilines is 1. The van der Waals surface area contributed by atoms with Gasteiger partial charge in [-0.25, -0.2) is 0 Å². The van der Waals surface area contributed by atoms with Crippen molar-refractivity contribution in [2.45, 2.75) is 25.8 Å². The van der Waals surface area contributed by atoms with Gasteiger partial charge in [0.1, 0.15) is 0 Å². The number of nitrogens with zero attached hydrogens (tertiary/aromatic N) is 1. The highest BCUT2D eigenvalue weighted by atomic mass is 16.7. The van der Waals surface area contributed by atoms with Gasteiger partial charge in [-0.2, -0.15) is 0 Å². The molecule has 0 spiro atoms. The van der Waals surface area contributed by atoms with Crippen LogP contribution in [0.15, 0.2) is 18.2 Å². The minimum absolute atomic E-state index is 0.347. The third-order valence-corrected chi connectivity index (χ3v) is 3.65. The fraction of sp³-hybridized carbons (Fsp3) is 0.571. The first-order valence-electron chi connectivity index (χ1n) is 6.71. The Morgan fingerprint density at radius 2 is 2.11 bits per heavy atom. The van der Waals surface area contributed by atoms with E-state index in [1.165, 1.54) is 18.5 Å². The molecule has 3 rings (SSSR count). The molecule has 1 fully saturated rings. The van der Waals surface area contributed by atoms with Gasteiger partial charge in [0.25, 0.3) is 0 Å². The minimum atomic E-state index is 0.347. The third-order valence-electron chi connectivity index (χ3n) is 3.65. The summed E-state index contributed by atoms with van der Waals surface area (Å²) in [6.07, 6.45) is 2.35. The molecule has 2 heterocycles. The van der Waals surface area contributed by atoms with E-state index in [0.29, 0.717) is 12.8 Å². The molecule has 1 unspecified atom stereocenters. The molecule has 0 amide bonds. The highest BCUT2D eigenvalue weighted by Gasteiger charge is 2.17. The van der Waals surface area contributed by atoms with E-state index in [4.69, 9.17) is 9.47 Å². The second-order valence-corrected chi connectivity index (χ2v) is 5.02. The van der Waals surface area contributed by atoms with Crippen LogP contribution < -0.4 is 19.7 Å². The SMILES string of the molecule is CC1CCN(c2ccc3c(c2)OCO3)CCCN1. The smallest absolute Gasteiger partial charge is 0.231 e. The summed E-state index contributed by atoms with van der Waals surface area (Å²) in [5.74, 6) is 1.74. The zero-order chi connectivity index (χ0) is 12.4. The van der Waals surface area contributed by atoms with Crippen molar-refractivity contribution >= 4 is 5.69 Å². The number of ether oxygens (including phenoxy) is 2. The molecule has 2 aliphatic rings. The molecule has 4 heteroatoms. The first-order chi connectivity index (χ1) is 8.83. The van der Waals surface area contributed by atoms with Gasteiger partial charge < -0.3 is 19.7 Å².